The Bertz CT molecular complexity index is 794. The molecule has 138 valence electrons. The van der Waals surface area contributed by atoms with Crippen LogP contribution in [0.1, 0.15) is 15.9 Å². The summed E-state index contributed by atoms with van der Waals surface area (Å²) in [6.07, 6.45) is 1.75. The van der Waals surface area contributed by atoms with E-state index in [0.717, 1.165) is 24.5 Å². The summed E-state index contributed by atoms with van der Waals surface area (Å²) in [5, 5.41) is 3.21. The summed E-state index contributed by atoms with van der Waals surface area (Å²) < 4.78 is 10.6. The van der Waals surface area contributed by atoms with Crippen LogP contribution in [0, 0.1) is 0 Å². The van der Waals surface area contributed by atoms with E-state index < -0.39 is 0 Å². The molecule has 7 nitrogen and oxygen atoms in total. The third-order valence-corrected chi connectivity index (χ3v) is 4.51. The number of amides is 1. The smallest absolute Gasteiger partial charge is 0.255 e. The standard InChI is InChI=1S/C18H21ClN4O3/c1-25-16-10-15(20)14(19)9-13(16)18(24)22-11-12-3-2-4-21-17(12)23-5-7-26-8-6-23/h2-4,9-10H,5-8,11,20H2,1H3,(H,22,24). The van der Waals surface area contributed by atoms with Gasteiger partial charge in [0.15, 0.2) is 0 Å². The van der Waals surface area contributed by atoms with Crippen molar-refractivity contribution >= 4 is 29.0 Å². The Morgan fingerprint density at radius 3 is 2.92 bits per heavy atom. The van der Waals surface area contributed by atoms with Crippen LogP contribution >= 0.6 is 11.6 Å². The van der Waals surface area contributed by atoms with Gasteiger partial charge in [-0.3, -0.25) is 4.79 Å². The molecule has 0 bridgehead atoms. The molecule has 2 heterocycles. The van der Waals surface area contributed by atoms with E-state index in [4.69, 9.17) is 26.8 Å². The molecule has 1 amide bonds. The summed E-state index contributed by atoms with van der Waals surface area (Å²) in [5.41, 5.74) is 7.40. The molecule has 26 heavy (non-hydrogen) atoms. The van der Waals surface area contributed by atoms with Crippen molar-refractivity contribution in [3.05, 3.63) is 46.6 Å². The van der Waals surface area contributed by atoms with Crippen molar-refractivity contribution in [3.8, 4) is 5.75 Å². The minimum Gasteiger partial charge on any atom is -0.496 e. The van der Waals surface area contributed by atoms with Crippen molar-refractivity contribution in [2.24, 2.45) is 0 Å². The van der Waals surface area contributed by atoms with E-state index in [1.807, 2.05) is 12.1 Å². The van der Waals surface area contributed by atoms with Crippen LogP contribution in [0.4, 0.5) is 11.5 Å². The van der Waals surface area contributed by atoms with Crippen molar-refractivity contribution in [2.75, 3.05) is 44.0 Å². The number of nitrogens with one attached hydrogen (secondary N) is 1. The van der Waals surface area contributed by atoms with Crippen LogP contribution in [0.15, 0.2) is 30.5 Å². The zero-order valence-electron chi connectivity index (χ0n) is 14.5. The number of nitrogens with two attached hydrogens (primary N) is 1. The highest BCUT2D eigenvalue weighted by Gasteiger charge is 2.18. The summed E-state index contributed by atoms with van der Waals surface area (Å²) in [6, 6.07) is 6.86. The minimum absolute atomic E-state index is 0.291. The first-order valence-electron chi connectivity index (χ1n) is 8.28. The third-order valence-electron chi connectivity index (χ3n) is 4.18. The number of ether oxygens (including phenoxy) is 2. The van der Waals surface area contributed by atoms with Gasteiger partial charge in [-0.25, -0.2) is 4.98 Å². The number of carbonyl (C=O) groups is 1. The van der Waals surface area contributed by atoms with Crippen molar-refractivity contribution in [1.82, 2.24) is 10.3 Å². The molecule has 0 radical (unpaired) electrons. The van der Waals surface area contributed by atoms with Crippen molar-refractivity contribution < 1.29 is 14.3 Å². The Labute approximate surface area is 157 Å². The van der Waals surface area contributed by atoms with E-state index in [2.05, 4.69) is 15.2 Å². The monoisotopic (exact) mass is 376 g/mol. The van der Waals surface area contributed by atoms with Gasteiger partial charge in [-0.15, -0.1) is 0 Å². The highest BCUT2D eigenvalue weighted by Crippen LogP contribution is 2.29. The lowest BCUT2D eigenvalue weighted by molar-refractivity contribution is 0.0947. The lowest BCUT2D eigenvalue weighted by Gasteiger charge is -2.29. The number of nitrogens with zero attached hydrogens (tertiary/aromatic N) is 2. The first-order valence-corrected chi connectivity index (χ1v) is 8.65. The summed E-state index contributed by atoms with van der Waals surface area (Å²) in [4.78, 5) is 19.2. The lowest BCUT2D eigenvalue weighted by atomic mass is 10.1. The number of nitrogen functional groups attached to an aromatic ring is 1. The zero-order valence-corrected chi connectivity index (χ0v) is 15.3. The predicted octanol–water partition coefficient (Wildman–Crippen LogP) is 2.09. The first-order chi connectivity index (χ1) is 12.6. The average molecular weight is 377 g/mol. The molecule has 2 aromatic rings. The van der Waals surface area contributed by atoms with Crippen LogP contribution in [-0.4, -0.2) is 44.3 Å². The van der Waals surface area contributed by atoms with Gasteiger partial charge in [0.1, 0.15) is 11.6 Å². The van der Waals surface area contributed by atoms with Gasteiger partial charge in [-0.1, -0.05) is 17.7 Å². The summed E-state index contributed by atoms with van der Waals surface area (Å²) in [6.45, 7) is 3.23. The average Bonchev–Trinajstić information content (AvgIpc) is 2.68. The minimum atomic E-state index is -0.291. The lowest BCUT2D eigenvalue weighted by Crippen LogP contribution is -2.37. The van der Waals surface area contributed by atoms with Crippen LogP contribution in [-0.2, 0) is 11.3 Å². The second-order valence-corrected chi connectivity index (χ2v) is 6.25. The number of anilines is 2. The topological polar surface area (TPSA) is 89.7 Å². The molecule has 1 saturated heterocycles. The zero-order chi connectivity index (χ0) is 18.5. The molecule has 0 saturated carbocycles. The molecule has 8 heteroatoms. The van der Waals surface area contributed by atoms with Gasteiger partial charge in [0, 0.05) is 37.5 Å². The number of rotatable bonds is 5. The quantitative estimate of drug-likeness (QED) is 0.777. The van der Waals surface area contributed by atoms with Gasteiger partial charge < -0.3 is 25.4 Å². The molecule has 0 unspecified atom stereocenters. The molecule has 0 aliphatic carbocycles. The number of hydrogen-bond acceptors (Lipinski definition) is 6. The predicted molar refractivity (Wildman–Crippen MR) is 101 cm³/mol. The summed E-state index contributed by atoms with van der Waals surface area (Å²) >= 11 is 6.04. The van der Waals surface area contributed by atoms with E-state index in [1.165, 1.54) is 13.2 Å². The van der Waals surface area contributed by atoms with Gasteiger partial charge in [-0.2, -0.15) is 0 Å². The fraction of sp³-hybridized carbons (Fsp3) is 0.333. The third kappa shape index (κ3) is 4.00. The molecule has 1 aliphatic rings. The second-order valence-electron chi connectivity index (χ2n) is 5.84. The SMILES string of the molecule is COc1cc(N)c(Cl)cc1C(=O)NCc1cccnc1N1CCOCC1. The molecule has 1 fully saturated rings. The maximum atomic E-state index is 12.6. The van der Waals surface area contributed by atoms with E-state index in [1.54, 1.807) is 12.3 Å². The fourth-order valence-corrected chi connectivity index (χ4v) is 2.98. The normalized spacial score (nSPS) is 14.2. The van der Waals surface area contributed by atoms with Gasteiger partial charge in [-0.05, 0) is 12.1 Å². The molecule has 3 N–H and O–H groups in total. The van der Waals surface area contributed by atoms with Gasteiger partial charge in [0.05, 0.1) is 36.6 Å². The molecule has 0 atom stereocenters. The Morgan fingerprint density at radius 2 is 2.19 bits per heavy atom. The van der Waals surface area contributed by atoms with Crippen molar-refractivity contribution in [1.29, 1.82) is 0 Å². The molecular weight excluding hydrogens is 356 g/mol. The number of morpholine rings is 1. The van der Waals surface area contributed by atoms with Crippen LogP contribution in [0.25, 0.3) is 0 Å². The van der Waals surface area contributed by atoms with Crippen LogP contribution in [0.3, 0.4) is 0 Å². The highest BCUT2D eigenvalue weighted by molar-refractivity contribution is 6.33. The van der Waals surface area contributed by atoms with Gasteiger partial charge >= 0.3 is 0 Å². The van der Waals surface area contributed by atoms with Crippen molar-refractivity contribution in [2.45, 2.75) is 6.54 Å². The number of halogens is 1. The van der Waals surface area contributed by atoms with E-state index >= 15 is 0 Å². The van der Waals surface area contributed by atoms with Gasteiger partial charge in [0.25, 0.3) is 5.91 Å². The number of pyridine rings is 1. The maximum absolute atomic E-state index is 12.6. The summed E-state index contributed by atoms with van der Waals surface area (Å²) in [5.74, 6) is 0.947. The molecule has 3 rings (SSSR count). The van der Waals surface area contributed by atoms with E-state index in [0.29, 0.717) is 41.8 Å². The Kier molecular flexibility index (Phi) is 5.80. The molecular formula is C18H21ClN4O3. The Balaban J connectivity index is 1.75. The number of carbonyl (C=O) groups excluding carboxylic acids is 1. The number of methoxy groups -OCH3 is 1. The molecule has 0 spiro atoms. The number of hydrogen-bond donors (Lipinski definition) is 2. The Morgan fingerprint density at radius 1 is 1.42 bits per heavy atom. The number of aromatic nitrogens is 1. The molecule has 1 aliphatic heterocycles. The molecule has 1 aromatic carbocycles. The highest BCUT2D eigenvalue weighted by atomic mass is 35.5. The number of benzene rings is 1. The fourth-order valence-electron chi connectivity index (χ4n) is 2.81. The Hall–Kier alpha value is -2.51. The van der Waals surface area contributed by atoms with Crippen LogP contribution < -0.4 is 20.7 Å². The first kappa shape index (κ1) is 18.3. The van der Waals surface area contributed by atoms with E-state index in [9.17, 15) is 4.79 Å². The summed E-state index contributed by atoms with van der Waals surface area (Å²) in [7, 11) is 1.48. The van der Waals surface area contributed by atoms with E-state index in [-0.39, 0.29) is 5.91 Å². The van der Waals surface area contributed by atoms with Crippen molar-refractivity contribution in [3.63, 3.8) is 0 Å². The maximum Gasteiger partial charge on any atom is 0.255 e. The largest absolute Gasteiger partial charge is 0.496 e. The van der Waals surface area contributed by atoms with Crippen LogP contribution in [0.2, 0.25) is 5.02 Å². The van der Waals surface area contributed by atoms with Gasteiger partial charge in [0.2, 0.25) is 0 Å². The molecule has 1 aromatic heterocycles. The van der Waals surface area contributed by atoms with Crippen LogP contribution in [0.5, 0.6) is 5.75 Å². The second kappa shape index (κ2) is 8.25.